The van der Waals surface area contributed by atoms with Gasteiger partial charge in [-0.15, -0.1) is 0 Å². The van der Waals surface area contributed by atoms with E-state index in [2.05, 4.69) is 10.6 Å². The summed E-state index contributed by atoms with van der Waals surface area (Å²) in [7, 11) is 1.74. The van der Waals surface area contributed by atoms with E-state index in [9.17, 15) is 19.5 Å². The number of anilines is 1. The minimum Gasteiger partial charge on any atom is -0.490 e. The van der Waals surface area contributed by atoms with E-state index < -0.39 is 6.04 Å². The van der Waals surface area contributed by atoms with Gasteiger partial charge in [-0.2, -0.15) is 0 Å². The van der Waals surface area contributed by atoms with Gasteiger partial charge >= 0.3 is 6.03 Å². The molecular weight excluding hydrogens is 548 g/mol. The van der Waals surface area contributed by atoms with E-state index in [-0.39, 0.29) is 55.2 Å². The molecule has 0 aromatic heterocycles. The summed E-state index contributed by atoms with van der Waals surface area (Å²) in [5.41, 5.74) is 1.26. The lowest BCUT2D eigenvalue weighted by atomic mass is 10.0. The second-order valence-electron chi connectivity index (χ2n) is 11.8. The van der Waals surface area contributed by atoms with Gasteiger partial charge in [-0.25, -0.2) is 4.79 Å². The van der Waals surface area contributed by atoms with Crippen molar-refractivity contribution in [2.45, 2.75) is 78.2 Å². The number of ether oxygens (including phenoxy) is 2. The molecule has 236 valence electrons. The largest absolute Gasteiger partial charge is 0.490 e. The van der Waals surface area contributed by atoms with Gasteiger partial charge in [-0.1, -0.05) is 25.1 Å². The minimum absolute atomic E-state index is 0.00227. The predicted octanol–water partition coefficient (Wildman–Crippen LogP) is 4.78. The molecular formula is C33H48N4O6. The molecule has 0 saturated heterocycles. The topological polar surface area (TPSA) is 120 Å². The number of urea groups is 1. The Kier molecular flexibility index (Phi) is 12.8. The van der Waals surface area contributed by atoms with Gasteiger partial charge in [-0.3, -0.25) is 9.59 Å². The second kappa shape index (κ2) is 16.3. The van der Waals surface area contributed by atoms with Crippen molar-refractivity contribution >= 4 is 23.5 Å². The number of carbonyl (C=O) groups excluding carboxylic acids is 3. The summed E-state index contributed by atoms with van der Waals surface area (Å²) in [6.07, 6.45) is 1.96. The molecule has 0 bridgehead atoms. The van der Waals surface area contributed by atoms with Crippen LogP contribution in [0.4, 0.5) is 10.5 Å². The highest BCUT2D eigenvalue weighted by molar-refractivity contribution is 6.05. The Morgan fingerprint density at radius 2 is 1.81 bits per heavy atom. The quantitative estimate of drug-likeness (QED) is 0.423. The fraction of sp³-hybridized carbons (Fsp3) is 0.545. The Morgan fingerprint density at radius 1 is 1.09 bits per heavy atom. The van der Waals surface area contributed by atoms with E-state index >= 15 is 0 Å². The molecule has 1 aliphatic heterocycles. The number of amides is 4. The van der Waals surface area contributed by atoms with Crippen molar-refractivity contribution in [1.82, 2.24) is 15.1 Å². The SMILES string of the molecule is CC(C)NC(=O)N(C)C[C@H]1OCCCC[C@@H](C)Oc2ccc(NC(=O)c3ccccc3)cc2C(=O)N([C@@H](C)CO)C[C@@H]1C. The Labute approximate surface area is 255 Å². The fourth-order valence-electron chi connectivity index (χ4n) is 4.97. The normalized spacial score (nSPS) is 20.8. The number of hydrogen-bond donors (Lipinski definition) is 3. The third kappa shape index (κ3) is 9.96. The number of likely N-dealkylation sites (N-methyl/N-ethyl adjacent to an activating group) is 1. The number of benzene rings is 2. The van der Waals surface area contributed by atoms with E-state index in [4.69, 9.17) is 9.47 Å². The molecule has 0 fully saturated rings. The zero-order valence-corrected chi connectivity index (χ0v) is 26.3. The number of aliphatic hydroxyl groups excluding tert-OH is 1. The molecule has 2 aromatic rings. The number of carbonyl (C=O) groups is 3. The van der Waals surface area contributed by atoms with Crippen LogP contribution in [0.15, 0.2) is 48.5 Å². The van der Waals surface area contributed by atoms with Crippen LogP contribution >= 0.6 is 0 Å². The predicted molar refractivity (Wildman–Crippen MR) is 168 cm³/mol. The summed E-state index contributed by atoms with van der Waals surface area (Å²) in [6, 6.07) is 13.3. The number of fused-ring (bicyclic) bond motifs is 1. The third-order valence-electron chi connectivity index (χ3n) is 7.56. The van der Waals surface area contributed by atoms with Crippen LogP contribution in [-0.2, 0) is 4.74 Å². The van der Waals surface area contributed by atoms with Crippen molar-refractivity contribution < 1.29 is 29.0 Å². The molecule has 4 amide bonds. The average molecular weight is 597 g/mol. The van der Waals surface area contributed by atoms with Crippen molar-refractivity contribution in [2.24, 2.45) is 5.92 Å². The van der Waals surface area contributed by atoms with E-state index in [1.165, 1.54) is 0 Å². The zero-order chi connectivity index (χ0) is 31.5. The summed E-state index contributed by atoms with van der Waals surface area (Å²) in [6.45, 7) is 10.5. The number of hydrogen-bond acceptors (Lipinski definition) is 6. The highest BCUT2D eigenvalue weighted by Crippen LogP contribution is 2.29. The maximum absolute atomic E-state index is 14.2. The van der Waals surface area contributed by atoms with Crippen LogP contribution in [0.1, 0.15) is 74.6 Å². The van der Waals surface area contributed by atoms with Crippen LogP contribution in [0.3, 0.4) is 0 Å². The molecule has 10 heteroatoms. The number of nitrogens with one attached hydrogen (secondary N) is 2. The van der Waals surface area contributed by atoms with Crippen molar-refractivity contribution in [2.75, 3.05) is 38.7 Å². The zero-order valence-electron chi connectivity index (χ0n) is 26.3. The Balaban J connectivity index is 1.94. The smallest absolute Gasteiger partial charge is 0.317 e. The lowest BCUT2D eigenvalue weighted by molar-refractivity contribution is -0.0122. The summed E-state index contributed by atoms with van der Waals surface area (Å²) in [5, 5.41) is 15.9. The molecule has 1 aliphatic rings. The fourth-order valence-corrected chi connectivity index (χ4v) is 4.97. The minimum atomic E-state index is -0.502. The van der Waals surface area contributed by atoms with Gasteiger partial charge in [-0.05, 0) is 77.3 Å². The van der Waals surface area contributed by atoms with E-state index in [1.807, 2.05) is 33.8 Å². The van der Waals surface area contributed by atoms with Crippen LogP contribution < -0.4 is 15.4 Å². The number of rotatable bonds is 7. The van der Waals surface area contributed by atoms with Crippen LogP contribution in [-0.4, -0.2) is 90.4 Å². The van der Waals surface area contributed by atoms with Gasteiger partial charge in [0.1, 0.15) is 5.75 Å². The van der Waals surface area contributed by atoms with Crippen LogP contribution in [0.2, 0.25) is 0 Å². The molecule has 0 spiro atoms. The van der Waals surface area contributed by atoms with Gasteiger partial charge in [0.15, 0.2) is 0 Å². The van der Waals surface area contributed by atoms with Gasteiger partial charge < -0.3 is 35.0 Å². The summed E-state index contributed by atoms with van der Waals surface area (Å²) < 4.78 is 12.6. The van der Waals surface area contributed by atoms with Crippen LogP contribution in [0.25, 0.3) is 0 Å². The molecule has 1 heterocycles. The van der Waals surface area contributed by atoms with Crippen molar-refractivity contribution in [3.63, 3.8) is 0 Å². The van der Waals surface area contributed by atoms with Crippen LogP contribution in [0.5, 0.6) is 5.75 Å². The van der Waals surface area contributed by atoms with Crippen LogP contribution in [0, 0.1) is 5.92 Å². The van der Waals surface area contributed by atoms with Gasteiger partial charge in [0.25, 0.3) is 11.8 Å². The first-order chi connectivity index (χ1) is 20.5. The first kappa shape index (κ1) is 33.9. The van der Waals surface area contributed by atoms with Crippen molar-refractivity contribution in [3.8, 4) is 5.75 Å². The average Bonchev–Trinajstić information content (AvgIpc) is 2.98. The molecule has 4 atom stereocenters. The van der Waals surface area contributed by atoms with Crippen molar-refractivity contribution in [1.29, 1.82) is 0 Å². The highest BCUT2D eigenvalue weighted by atomic mass is 16.5. The Hall–Kier alpha value is -3.63. The molecule has 0 unspecified atom stereocenters. The Morgan fingerprint density at radius 3 is 2.49 bits per heavy atom. The van der Waals surface area contributed by atoms with Gasteiger partial charge in [0.05, 0.1) is 30.4 Å². The highest BCUT2D eigenvalue weighted by Gasteiger charge is 2.31. The number of aliphatic hydroxyl groups is 1. The first-order valence-electron chi connectivity index (χ1n) is 15.2. The van der Waals surface area contributed by atoms with Crippen molar-refractivity contribution in [3.05, 3.63) is 59.7 Å². The molecule has 43 heavy (non-hydrogen) atoms. The first-order valence-corrected chi connectivity index (χ1v) is 15.2. The summed E-state index contributed by atoms with van der Waals surface area (Å²) in [4.78, 5) is 43.0. The summed E-state index contributed by atoms with van der Waals surface area (Å²) >= 11 is 0. The molecule has 3 N–H and O–H groups in total. The molecule has 0 radical (unpaired) electrons. The second-order valence-corrected chi connectivity index (χ2v) is 11.8. The maximum atomic E-state index is 14.2. The molecule has 0 aliphatic carbocycles. The lowest BCUT2D eigenvalue weighted by Crippen LogP contribution is -2.49. The lowest BCUT2D eigenvalue weighted by Gasteiger charge is -2.36. The molecule has 10 nitrogen and oxygen atoms in total. The molecule has 0 saturated carbocycles. The standard InChI is InChI=1S/C33H48N4O6/c1-22(2)34-33(41)36(6)20-30-23(3)19-37(24(4)21-38)32(40)28-18-27(35-31(39)26-13-8-7-9-14-26)15-16-29(28)43-25(5)12-10-11-17-42-30/h7-9,13-16,18,22-25,30,38H,10-12,17,19-21H2,1-6H3,(H,34,41)(H,35,39)/t23-,24-,25+,30+/m0/s1. The van der Waals surface area contributed by atoms with Gasteiger partial charge in [0.2, 0.25) is 0 Å². The summed E-state index contributed by atoms with van der Waals surface area (Å²) in [5.74, 6) is -0.358. The number of nitrogens with zero attached hydrogens (tertiary/aromatic N) is 2. The molecule has 2 aromatic carbocycles. The van der Waals surface area contributed by atoms with E-state index in [1.54, 1.807) is 66.2 Å². The molecule has 3 rings (SSSR count). The monoisotopic (exact) mass is 596 g/mol. The Bertz CT molecular complexity index is 1210. The van der Waals surface area contributed by atoms with Gasteiger partial charge in [0, 0.05) is 50.0 Å². The maximum Gasteiger partial charge on any atom is 0.317 e. The third-order valence-corrected chi connectivity index (χ3v) is 7.56. The van der Waals surface area contributed by atoms with E-state index in [0.717, 1.165) is 19.3 Å². The van der Waals surface area contributed by atoms with E-state index in [0.29, 0.717) is 35.7 Å².